The summed E-state index contributed by atoms with van der Waals surface area (Å²) in [7, 11) is 1.98. The molecule has 1 fully saturated rings. The van der Waals surface area contributed by atoms with E-state index in [9.17, 15) is 18.8 Å². The molecule has 3 amide bonds. The highest BCUT2D eigenvalue weighted by atomic mass is 19.1. The third-order valence-electron chi connectivity index (χ3n) is 5.68. The van der Waals surface area contributed by atoms with Crippen LogP contribution in [0.1, 0.15) is 38.7 Å². The number of imide groups is 1. The SMILES string of the molecule is CN1CCN(C(=O)CCN2C(=O)c3ccccc3C2=O)CC1c1ccc(F)cc1. The molecular formula is C22H22FN3O3. The third kappa shape index (κ3) is 3.65. The zero-order valence-electron chi connectivity index (χ0n) is 16.2. The predicted octanol–water partition coefficient (Wildman–Crippen LogP) is 2.33. The summed E-state index contributed by atoms with van der Waals surface area (Å²) in [6, 6.07) is 13.0. The number of piperazine rings is 1. The largest absolute Gasteiger partial charge is 0.339 e. The quantitative estimate of drug-likeness (QED) is 0.746. The molecule has 2 aliphatic heterocycles. The molecule has 4 rings (SSSR count). The lowest BCUT2D eigenvalue weighted by atomic mass is 10.0. The van der Waals surface area contributed by atoms with Crippen LogP contribution >= 0.6 is 0 Å². The molecule has 1 saturated heterocycles. The smallest absolute Gasteiger partial charge is 0.261 e. The van der Waals surface area contributed by atoms with Gasteiger partial charge in [0.15, 0.2) is 0 Å². The van der Waals surface area contributed by atoms with Crippen LogP contribution in [0.25, 0.3) is 0 Å². The number of rotatable bonds is 4. The van der Waals surface area contributed by atoms with Crippen molar-refractivity contribution in [3.8, 4) is 0 Å². The van der Waals surface area contributed by atoms with Gasteiger partial charge >= 0.3 is 0 Å². The molecule has 2 heterocycles. The standard InChI is InChI=1S/C22H22FN3O3/c1-24-12-13-25(14-19(24)15-6-8-16(23)9-7-15)20(27)10-11-26-21(28)17-4-2-3-5-18(17)22(26)29/h2-9,19H,10-14H2,1H3. The molecule has 6 nitrogen and oxygen atoms in total. The fourth-order valence-corrected chi connectivity index (χ4v) is 3.95. The van der Waals surface area contributed by atoms with Gasteiger partial charge in [0.05, 0.1) is 17.2 Å². The van der Waals surface area contributed by atoms with Gasteiger partial charge in [-0.3, -0.25) is 24.2 Å². The normalized spacial score (nSPS) is 19.6. The molecule has 0 spiro atoms. The molecule has 0 aromatic heterocycles. The highest BCUT2D eigenvalue weighted by Gasteiger charge is 2.36. The van der Waals surface area contributed by atoms with Gasteiger partial charge in [-0.2, -0.15) is 0 Å². The molecule has 29 heavy (non-hydrogen) atoms. The molecule has 1 unspecified atom stereocenters. The lowest BCUT2D eigenvalue weighted by Crippen LogP contribution is -2.49. The summed E-state index contributed by atoms with van der Waals surface area (Å²) < 4.78 is 13.2. The number of nitrogens with zero attached hydrogens (tertiary/aromatic N) is 3. The fourth-order valence-electron chi connectivity index (χ4n) is 3.95. The maximum Gasteiger partial charge on any atom is 0.261 e. The topological polar surface area (TPSA) is 60.9 Å². The van der Waals surface area contributed by atoms with Crippen LogP contribution in [-0.2, 0) is 4.79 Å². The van der Waals surface area contributed by atoms with Crippen LogP contribution in [-0.4, -0.2) is 65.6 Å². The minimum atomic E-state index is -0.346. The Kier molecular flexibility index (Phi) is 5.15. The number of carbonyl (C=O) groups is 3. The molecule has 2 aromatic rings. The van der Waals surface area contributed by atoms with Gasteiger partial charge in [-0.25, -0.2) is 4.39 Å². The number of fused-ring (bicyclic) bond motifs is 1. The van der Waals surface area contributed by atoms with Crippen molar-refractivity contribution in [1.29, 1.82) is 0 Å². The van der Waals surface area contributed by atoms with Crippen LogP contribution in [0.2, 0.25) is 0 Å². The molecule has 0 aliphatic carbocycles. The van der Waals surface area contributed by atoms with Crippen molar-refractivity contribution in [2.75, 3.05) is 33.2 Å². The van der Waals surface area contributed by atoms with Gasteiger partial charge in [-0.05, 0) is 36.9 Å². The van der Waals surface area contributed by atoms with Gasteiger partial charge in [0.2, 0.25) is 5.91 Å². The average Bonchev–Trinajstić information content (AvgIpc) is 2.98. The van der Waals surface area contributed by atoms with Crippen molar-refractivity contribution in [1.82, 2.24) is 14.7 Å². The van der Waals surface area contributed by atoms with E-state index in [0.717, 1.165) is 10.5 Å². The van der Waals surface area contributed by atoms with Crippen molar-refractivity contribution in [3.63, 3.8) is 0 Å². The van der Waals surface area contributed by atoms with E-state index < -0.39 is 0 Å². The van der Waals surface area contributed by atoms with Crippen LogP contribution in [0.5, 0.6) is 0 Å². The first kappa shape index (κ1) is 19.3. The van der Waals surface area contributed by atoms with Crippen LogP contribution in [0.3, 0.4) is 0 Å². The molecule has 0 radical (unpaired) electrons. The highest BCUT2D eigenvalue weighted by molar-refractivity contribution is 6.21. The molecule has 0 N–H and O–H groups in total. The second-order valence-electron chi connectivity index (χ2n) is 7.45. The Labute approximate surface area is 168 Å². The fraction of sp³-hybridized carbons (Fsp3) is 0.318. The van der Waals surface area contributed by atoms with Crippen molar-refractivity contribution in [3.05, 3.63) is 71.0 Å². The Morgan fingerprint density at radius 3 is 2.24 bits per heavy atom. The number of hydrogen-bond acceptors (Lipinski definition) is 4. The zero-order valence-corrected chi connectivity index (χ0v) is 16.2. The summed E-state index contributed by atoms with van der Waals surface area (Å²) >= 11 is 0. The van der Waals surface area contributed by atoms with Gasteiger partial charge in [0.25, 0.3) is 11.8 Å². The van der Waals surface area contributed by atoms with Gasteiger partial charge in [-0.1, -0.05) is 24.3 Å². The zero-order chi connectivity index (χ0) is 20.5. The first-order valence-electron chi connectivity index (χ1n) is 9.64. The van der Waals surface area contributed by atoms with Gasteiger partial charge in [0.1, 0.15) is 5.82 Å². The summed E-state index contributed by atoms with van der Waals surface area (Å²) in [5.41, 5.74) is 1.73. The summed E-state index contributed by atoms with van der Waals surface area (Å²) in [5.74, 6) is -1.08. The number of benzene rings is 2. The van der Waals surface area contributed by atoms with E-state index in [1.165, 1.54) is 12.1 Å². The van der Waals surface area contributed by atoms with E-state index in [-0.39, 0.29) is 42.5 Å². The van der Waals surface area contributed by atoms with Crippen LogP contribution < -0.4 is 0 Å². The first-order chi connectivity index (χ1) is 14.0. The Morgan fingerprint density at radius 1 is 1.00 bits per heavy atom. The van der Waals surface area contributed by atoms with E-state index in [0.29, 0.717) is 30.8 Å². The Bertz CT molecular complexity index is 925. The van der Waals surface area contributed by atoms with E-state index in [2.05, 4.69) is 4.90 Å². The number of likely N-dealkylation sites (N-methyl/N-ethyl adjacent to an activating group) is 1. The van der Waals surface area contributed by atoms with Gasteiger partial charge in [-0.15, -0.1) is 0 Å². The Morgan fingerprint density at radius 2 is 1.62 bits per heavy atom. The van der Waals surface area contributed by atoms with E-state index in [4.69, 9.17) is 0 Å². The summed E-state index contributed by atoms with van der Waals surface area (Å²) in [5, 5.41) is 0. The molecule has 2 aliphatic rings. The van der Waals surface area contributed by atoms with Crippen molar-refractivity contribution >= 4 is 17.7 Å². The Hall–Kier alpha value is -3.06. The molecule has 150 valence electrons. The van der Waals surface area contributed by atoms with Crippen LogP contribution in [0, 0.1) is 5.82 Å². The summed E-state index contributed by atoms with van der Waals surface area (Å²) in [6.07, 6.45) is 0.0886. The summed E-state index contributed by atoms with van der Waals surface area (Å²) in [4.78, 5) is 42.7. The maximum atomic E-state index is 13.2. The van der Waals surface area contributed by atoms with Crippen LogP contribution in [0.4, 0.5) is 4.39 Å². The minimum absolute atomic E-state index is 0.0207. The number of amides is 3. The minimum Gasteiger partial charge on any atom is -0.339 e. The summed E-state index contributed by atoms with van der Waals surface area (Å²) in [6.45, 7) is 1.83. The number of hydrogen-bond donors (Lipinski definition) is 0. The van der Waals surface area contributed by atoms with E-state index >= 15 is 0 Å². The number of halogens is 1. The van der Waals surface area contributed by atoms with Crippen molar-refractivity contribution in [2.45, 2.75) is 12.5 Å². The second kappa shape index (κ2) is 7.75. The van der Waals surface area contributed by atoms with Crippen LogP contribution in [0.15, 0.2) is 48.5 Å². The third-order valence-corrected chi connectivity index (χ3v) is 5.68. The molecule has 7 heteroatoms. The molecule has 2 aromatic carbocycles. The predicted molar refractivity (Wildman–Crippen MR) is 105 cm³/mol. The molecular weight excluding hydrogens is 373 g/mol. The lowest BCUT2D eigenvalue weighted by Gasteiger charge is -2.40. The maximum absolute atomic E-state index is 13.2. The monoisotopic (exact) mass is 395 g/mol. The number of carbonyl (C=O) groups excluding carboxylic acids is 3. The van der Waals surface area contributed by atoms with Crippen molar-refractivity contribution < 1.29 is 18.8 Å². The molecule has 0 saturated carbocycles. The molecule has 1 atom stereocenters. The highest BCUT2D eigenvalue weighted by Crippen LogP contribution is 2.26. The van der Waals surface area contributed by atoms with Gasteiger partial charge < -0.3 is 4.90 Å². The average molecular weight is 395 g/mol. The first-order valence-corrected chi connectivity index (χ1v) is 9.64. The Balaban J connectivity index is 1.39. The van der Waals surface area contributed by atoms with Crippen molar-refractivity contribution in [2.24, 2.45) is 0 Å². The van der Waals surface area contributed by atoms with E-state index in [1.54, 1.807) is 41.3 Å². The molecule has 0 bridgehead atoms. The second-order valence-corrected chi connectivity index (χ2v) is 7.45. The van der Waals surface area contributed by atoms with Gasteiger partial charge in [0, 0.05) is 32.6 Å². The van der Waals surface area contributed by atoms with E-state index in [1.807, 2.05) is 7.05 Å². The lowest BCUT2D eigenvalue weighted by molar-refractivity contribution is -0.134.